The lowest BCUT2D eigenvalue weighted by atomic mass is 9.96. The van der Waals surface area contributed by atoms with Gasteiger partial charge < -0.3 is 13.6 Å². The van der Waals surface area contributed by atoms with Crippen LogP contribution in [0, 0.1) is 0 Å². The molecule has 6 aromatic carbocycles. The normalized spacial score (nSPS) is 11.9. The van der Waals surface area contributed by atoms with Gasteiger partial charge in [0.15, 0.2) is 5.58 Å². The predicted molar refractivity (Wildman–Crippen MR) is 232 cm³/mol. The highest BCUT2D eigenvalue weighted by atomic mass is 16.3. The van der Waals surface area contributed by atoms with Crippen molar-refractivity contribution in [2.75, 3.05) is 0 Å². The van der Waals surface area contributed by atoms with Crippen molar-refractivity contribution >= 4 is 65.8 Å². The molecule has 0 unspecified atom stereocenters. The number of aromatic nitrogens is 5. The van der Waals surface area contributed by atoms with Crippen molar-refractivity contribution in [3.63, 3.8) is 0 Å². The quantitative estimate of drug-likeness (QED) is 0.177. The van der Waals surface area contributed by atoms with Crippen molar-refractivity contribution < 1.29 is 4.42 Å². The fraction of sp³-hybridized carbons (Fsp3) is 0. The van der Waals surface area contributed by atoms with Crippen molar-refractivity contribution in [1.29, 1.82) is 0 Å². The minimum Gasteiger partial charge on any atom is -0.454 e. The molecule has 6 nitrogen and oxygen atoms in total. The van der Waals surface area contributed by atoms with E-state index in [4.69, 9.17) is 14.4 Å². The smallest absolute Gasteiger partial charge is 0.159 e. The molecule has 266 valence electrons. The van der Waals surface area contributed by atoms with Gasteiger partial charge in [0, 0.05) is 51.4 Å². The first-order chi connectivity index (χ1) is 28.3. The monoisotopic (exact) mass is 729 g/mol. The van der Waals surface area contributed by atoms with Crippen LogP contribution in [0.4, 0.5) is 0 Å². The van der Waals surface area contributed by atoms with Crippen molar-refractivity contribution in [2.24, 2.45) is 0 Å². The van der Waals surface area contributed by atoms with E-state index in [1.807, 2.05) is 48.9 Å². The summed E-state index contributed by atoms with van der Waals surface area (Å²) in [6.45, 7) is 0. The summed E-state index contributed by atoms with van der Waals surface area (Å²) in [7, 11) is 0. The summed E-state index contributed by atoms with van der Waals surface area (Å²) >= 11 is 0. The highest BCUT2D eigenvalue weighted by Gasteiger charge is 2.20. The zero-order chi connectivity index (χ0) is 37.5. The number of furan rings is 1. The van der Waals surface area contributed by atoms with Gasteiger partial charge in [-0.3, -0.25) is 15.0 Å². The second kappa shape index (κ2) is 12.3. The molecule has 12 aromatic rings. The molecule has 6 heteroatoms. The molecule has 0 saturated carbocycles. The third-order valence-electron chi connectivity index (χ3n) is 11.3. The third-order valence-corrected chi connectivity index (χ3v) is 11.3. The van der Waals surface area contributed by atoms with Crippen LogP contribution in [-0.4, -0.2) is 24.1 Å². The molecule has 0 N–H and O–H groups in total. The van der Waals surface area contributed by atoms with E-state index >= 15 is 0 Å². The maximum Gasteiger partial charge on any atom is 0.159 e. The van der Waals surface area contributed by atoms with Crippen molar-refractivity contribution in [3.05, 3.63) is 188 Å². The summed E-state index contributed by atoms with van der Waals surface area (Å²) in [5, 5.41) is 4.33. The standard InChI is InChI=1S/C51H31N5O/c1-2-11-35(12-3-1)55-43-23-20-32(30-40(43)49-45(55)18-9-27-53-49)33-22-25-48-39(29-33)38-15-8-17-47(51(38)57-48)56-44-24-21-34(31-41(44)50-46(56)19-10-28-54-50)36-13-4-5-14-37(36)42-16-6-7-26-52-42/h1-31H. The largest absolute Gasteiger partial charge is 0.454 e. The molecule has 6 heterocycles. The van der Waals surface area contributed by atoms with E-state index in [-0.39, 0.29) is 0 Å². The highest BCUT2D eigenvalue weighted by Crippen LogP contribution is 2.41. The lowest BCUT2D eigenvalue weighted by Crippen LogP contribution is -1.94. The maximum absolute atomic E-state index is 6.77. The van der Waals surface area contributed by atoms with Gasteiger partial charge in [0.25, 0.3) is 0 Å². The van der Waals surface area contributed by atoms with E-state index < -0.39 is 0 Å². The molecule has 0 amide bonds. The predicted octanol–water partition coefficient (Wildman–Crippen LogP) is 13.0. The Morgan fingerprint density at radius 3 is 1.79 bits per heavy atom. The van der Waals surface area contributed by atoms with Gasteiger partial charge in [-0.25, -0.2) is 0 Å². The summed E-state index contributed by atoms with van der Waals surface area (Å²) in [6.07, 6.45) is 5.59. The molecule has 0 fully saturated rings. The maximum atomic E-state index is 6.77. The molecule has 0 saturated heterocycles. The van der Waals surface area contributed by atoms with Crippen LogP contribution >= 0.6 is 0 Å². The van der Waals surface area contributed by atoms with E-state index in [1.54, 1.807) is 0 Å². The Morgan fingerprint density at radius 2 is 1.02 bits per heavy atom. The Morgan fingerprint density at radius 1 is 0.386 bits per heavy atom. The molecular formula is C51H31N5O. The van der Waals surface area contributed by atoms with Gasteiger partial charge in [-0.15, -0.1) is 0 Å². The SMILES string of the molecule is c1ccc(-n2c3ccc(-c4ccc5oc6c(-n7c8ccc(-c9ccccc9-c9ccccn9)cc8c8ncccc87)cccc6c5c4)cc3c3ncccc32)cc1. The van der Waals surface area contributed by atoms with E-state index in [9.17, 15) is 0 Å². The summed E-state index contributed by atoms with van der Waals surface area (Å²) in [5.74, 6) is 0. The second-order valence-electron chi connectivity index (χ2n) is 14.4. The molecule has 0 spiro atoms. The van der Waals surface area contributed by atoms with Crippen LogP contribution < -0.4 is 0 Å². The molecule has 57 heavy (non-hydrogen) atoms. The number of pyridine rings is 3. The van der Waals surface area contributed by atoms with Crippen LogP contribution in [-0.2, 0) is 0 Å². The molecule has 0 bridgehead atoms. The molecule has 0 radical (unpaired) electrons. The van der Waals surface area contributed by atoms with Crippen LogP contribution in [0.5, 0.6) is 0 Å². The van der Waals surface area contributed by atoms with Gasteiger partial charge in [-0.05, 0) is 113 Å². The Labute approximate surface area is 326 Å². The summed E-state index contributed by atoms with van der Waals surface area (Å²) in [4.78, 5) is 14.4. The first-order valence-corrected chi connectivity index (χ1v) is 19.1. The zero-order valence-corrected chi connectivity index (χ0v) is 30.5. The number of para-hydroxylation sites is 2. The Kier molecular flexibility index (Phi) is 6.83. The summed E-state index contributed by atoms with van der Waals surface area (Å²) < 4.78 is 11.4. The number of rotatable bonds is 5. The number of hydrogen-bond donors (Lipinski definition) is 0. The van der Waals surface area contributed by atoms with E-state index in [2.05, 4.69) is 154 Å². The molecule has 12 rings (SSSR count). The number of nitrogens with zero attached hydrogens (tertiary/aromatic N) is 5. The van der Waals surface area contributed by atoms with Gasteiger partial charge >= 0.3 is 0 Å². The van der Waals surface area contributed by atoms with Crippen LogP contribution in [0.15, 0.2) is 193 Å². The van der Waals surface area contributed by atoms with Gasteiger partial charge in [-0.2, -0.15) is 0 Å². The van der Waals surface area contributed by atoms with Gasteiger partial charge in [-0.1, -0.05) is 78.9 Å². The lowest BCUT2D eigenvalue weighted by molar-refractivity contribution is 0.666. The van der Waals surface area contributed by atoms with Crippen LogP contribution in [0.2, 0.25) is 0 Å². The molecular weight excluding hydrogens is 699 g/mol. The molecule has 0 aliphatic heterocycles. The van der Waals surface area contributed by atoms with Crippen molar-refractivity contribution in [2.45, 2.75) is 0 Å². The highest BCUT2D eigenvalue weighted by molar-refractivity contribution is 6.13. The van der Waals surface area contributed by atoms with E-state index in [0.717, 1.165) is 111 Å². The Balaban J connectivity index is 1.01. The Bertz CT molecular complexity index is 3520. The van der Waals surface area contributed by atoms with Gasteiger partial charge in [0.05, 0.1) is 44.5 Å². The Hall–Kier alpha value is -7.83. The lowest BCUT2D eigenvalue weighted by Gasteiger charge is -2.11. The van der Waals surface area contributed by atoms with E-state index in [1.165, 1.54) is 0 Å². The van der Waals surface area contributed by atoms with Crippen molar-refractivity contribution in [1.82, 2.24) is 24.1 Å². The topological polar surface area (TPSA) is 61.7 Å². The first kappa shape index (κ1) is 31.5. The van der Waals surface area contributed by atoms with E-state index in [0.29, 0.717) is 0 Å². The fourth-order valence-corrected chi connectivity index (χ4v) is 8.75. The number of hydrogen-bond acceptors (Lipinski definition) is 4. The van der Waals surface area contributed by atoms with Gasteiger partial charge in [0.2, 0.25) is 0 Å². The summed E-state index contributed by atoms with van der Waals surface area (Å²) in [6, 6.07) is 59.6. The molecule has 6 aromatic heterocycles. The first-order valence-electron chi connectivity index (χ1n) is 19.1. The average molecular weight is 730 g/mol. The second-order valence-corrected chi connectivity index (χ2v) is 14.4. The number of fused-ring (bicyclic) bond motifs is 9. The average Bonchev–Trinajstić information content (AvgIpc) is 3.94. The molecule has 0 atom stereocenters. The number of benzene rings is 6. The van der Waals surface area contributed by atoms with Crippen molar-refractivity contribution in [3.8, 4) is 44.9 Å². The zero-order valence-electron chi connectivity index (χ0n) is 30.5. The summed E-state index contributed by atoms with van der Waals surface area (Å²) in [5.41, 5.74) is 16.5. The van der Waals surface area contributed by atoms with Crippen LogP contribution in [0.25, 0.3) is 111 Å². The fourth-order valence-electron chi connectivity index (χ4n) is 8.75. The van der Waals surface area contributed by atoms with Gasteiger partial charge in [0.1, 0.15) is 5.58 Å². The van der Waals surface area contributed by atoms with Crippen LogP contribution in [0.1, 0.15) is 0 Å². The minimum atomic E-state index is 0.836. The molecule has 0 aliphatic rings. The minimum absolute atomic E-state index is 0.836. The molecule has 0 aliphatic carbocycles. The van der Waals surface area contributed by atoms with Crippen LogP contribution in [0.3, 0.4) is 0 Å². The third kappa shape index (κ3) is 4.81.